The van der Waals surface area contributed by atoms with Gasteiger partial charge in [0.2, 0.25) is 0 Å². The molecule has 1 fully saturated rings. The molecular weight excluding hydrogens is 390 g/mol. The zero-order chi connectivity index (χ0) is 19.0. The minimum Gasteiger partial charge on any atom is -0.474 e. The Morgan fingerprint density at radius 3 is 2.89 bits per heavy atom. The number of hydrogen-bond acceptors (Lipinski definition) is 6. The molecule has 1 aliphatic rings. The topological polar surface area (TPSA) is 85.5 Å². The van der Waals surface area contributed by atoms with Crippen molar-refractivity contribution in [2.75, 3.05) is 6.61 Å². The Balaban J connectivity index is 1.69. The van der Waals surface area contributed by atoms with Crippen molar-refractivity contribution >= 4 is 40.3 Å². The summed E-state index contributed by atoms with van der Waals surface area (Å²) in [6.45, 7) is 0.485. The number of esters is 1. The Morgan fingerprint density at radius 1 is 1.41 bits per heavy atom. The number of fused-ring (bicyclic) bond motifs is 1. The minimum atomic E-state index is -0.954. The van der Waals surface area contributed by atoms with Crippen molar-refractivity contribution in [3.8, 4) is 5.88 Å². The Hall–Kier alpha value is -2.45. The van der Waals surface area contributed by atoms with Crippen molar-refractivity contribution in [3.63, 3.8) is 0 Å². The average molecular weight is 407 g/mol. The fourth-order valence-corrected chi connectivity index (χ4v) is 4.06. The van der Waals surface area contributed by atoms with Crippen LogP contribution in [0.15, 0.2) is 30.6 Å². The number of thiazole rings is 1. The van der Waals surface area contributed by atoms with Crippen LogP contribution in [0.2, 0.25) is 4.47 Å². The predicted molar refractivity (Wildman–Crippen MR) is 98.1 cm³/mol. The number of halogens is 1. The molecule has 0 saturated heterocycles. The molecule has 1 aliphatic carbocycles. The Kier molecular flexibility index (Phi) is 4.84. The predicted octanol–water partition coefficient (Wildman–Crippen LogP) is 2.62. The van der Waals surface area contributed by atoms with Crippen LogP contribution in [0.1, 0.15) is 34.6 Å². The van der Waals surface area contributed by atoms with E-state index in [1.165, 1.54) is 15.7 Å². The number of imidazole rings is 1. The van der Waals surface area contributed by atoms with Gasteiger partial charge in [-0.15, -0.1) is 11.3 Å². The third-order valence-electron chi connectivity index (χ3n) is 4.74. The first-order valence-electron chi connectivity index (χ1n) is 8.58. The van der Waals surface area contributed by atoms with Crippen LogP contribution in [0.3, 0.4) is 0 Å². The maximum Gasteiger partial charge on any atom is 0.383 e. The molecule has 3 aromatic rings. The SMILES string of the molecule is O=C(OCC1CCC1)C(=O)c1c(O)[n+]2ccccc2n1Cc1cnc(Cl)s1. The third-order valence-corrected chi connectivity index (χ3v) is 5.84. The van der Waals surface area contributed by atoms with Crippen LogP contribution in [0, 0.1) is 5.92 Å². The number of rotatable bonds is 6. The highest BCUT2D eigenvalue weighted by atomic mass is 35.5. The molecule has 0 aliphatic heterocycles. The molecule has 0 radical (unpaired) electrons. The highest BCUT2D eigenvalue weighted by molar-refractivity contribution is 7.15. The Bertz CT molecular complexity index is 1020. The number of pyridine rings is 1. The molecule has 140 valence electrons. The summed E-state index contributed by atoms with van der Waals surface area (Å²) in [5.41, 5.74) is 0.457. The zero-order valence-corrected chi connectivity index (χ0v) is 15.9. The lowest BCUT2D eigenvalue weighted by molar-refractivity contribution is -0.521. The number of ether oxygens (including phenoxy) is 1. The number of aromatic nitrogens is 3. The van der Waals surface area contributed by atoms with Crippen LogP contribution in [0.25, 0.3) is 5.65 Å². The number of nitrogens with zero attached hydrogens (tertiary/aromatic N) is 3. The van der Waals surface area contributed by atoms with Gasteiger partial charge in [0.25, 0.3) is 11.3 Å². The summed E-state index contributed by atoms with van der Waals surface area (Å²) in [4.78, 5) is 29.8. The Morgan fingerprint density at radius 2 is 2.22 bits per heavy atom. The number of hydrogen-bond donors (Lipinski definition) is 1. The largest absolute Gasteiger partial charge is 0.474 e. The van der Waals surface area contributed by atoms with Crippen molar-refractivity contribution in [2.24, 2.45) is 5.92 Å². The number of carbonyl (C=O) groups is 2. The van der Waals surface area contributed by atoms with Gasteiger partial charge in [-0.3, -0.25) is 4.79 Å². The van der Waals surface area contributed by atoms with Crippen molar-refractivity contribution < 1.29 is 23.8 Å². The molecule has 0 amide bonds. The first-order chi connectivity index (χ1) is 13.0. The van der Waals surface area contributed by atoms with Gasteiger partial charge in [0, 0.05) is 12.3 Å². The van der Waals surface area contributed by atoms with Gasteiger partial charge in [-0.2, -0.15) is 4.40 Å². The van der Waals surface area contributed by atoms with E-state index in [9.17, 15) is 14.7 Å². The van der Waals surface area contributed by atoms with E-state index in [1.807, 2.05) is 0 Å². The van der Waals surface area contributed by atoms with Gasteiger partial charge >= 0.3 is 17.6 Å². The second kappa shape index (κ2) is 7.28. The number of aromatic hydroxyl groups is 1. The monoisotopic (exact) mass is 406 g/mol. The lowest BCUT2D eigenvalue weighted by Gasteiger charge is -2.24. The molecule has 3 heterocycles. The number of Topliss-reactive ketones (excluding diaryl/α,β-unsaturated/α-hetero) is 1. The lowest BCUT2D eigenvalue weighted by Crippen LogP contribution is -2.26. The fraction of sp³-hybridized carbons (Fsp3) is 0.333. The molecule has 1 saturated carbocycles. The summed E-state index contributed by atoms with van der Waals surface area (Å²) in [6, 6.07) is 5.26. The second-order valence-corrected chi connectivity index (χ2v) is 8.19. The van der Waals surface area contributed by atoms with Crippen LogP contribution < -0.4 is 4.40 Å². The van der Waals surface area contributed by atoms with E-state index < -0.39 is 11.8 Å². The van der Waals surface area contributed by atoms with E-state index in [-0.39, 0.29) is 24.7 Å². The summed E-state index contributed by atoms with van der Waals surface area (Å²) >= 11 is 7.16. The van der Waals surface area contributed by atoms with E-state index in [1.54, 1.807) is 35.2 Å². The maximum atomic E-state index is 12.8. The van der Waals surface area contributed by atoms with Crippen LogP contribution >= 0.6 is 22.9 Å². The summed E-state index contributed by atoms with van der Waals surface area (Å²) in [5.74, 6) is -1.79. The van der Waals surface area contributed by atoms with Crippen LogP contribution in [0.5, 0.6) is 5.88 Å². The molecule has 27 heavy (non-hydrogen) atoms. The quantitative estimate of drug-likeness (QED) is 0.294. The molecule has 4 rings (SSSR count). The van der Waals surface area contributed by atoms with E-state index in [0.717, 1.165) is 24.1 Å². The van der Waals surface area contributed by atoms with Crippen LogP contribution in [0.4, 0.5) is 0 Å². The first-order valence-corrected chi connectivity index (χ1v) is 9.77. The van der Waals surface area contributed by atoms with Gasteiger partial charge in [-0.05, 0) is 24.8 Å². The van der Waals surface area contributed by atoms with Crippen molar-refractivity contribution in [2.45, 2.75) is 25.8 Å². The molecule has 0 atom stereocenters. The van der Waals surface area contributed by atoms with Crippen molar-refractivity contribution in [1.29, 1.82) is 0 Å². The highest BCUT2D eigenvalue weighted by Gasteiger charge is 2.36. The molecular formula is C18H17ClN3O4S+. The maximum absolute atomic E-state index is 12.8. The van der Waals surface area contributed by atoms with Gasteiger partial charge in [0.15, 0.2) is 4.47 Å². The highest BCUT2D eigenvalue weighted by Crippen LogP contribution is 2.27. The van der Waals surface area contributed by atoms with Crippen molar-refractivity contribution in [1.82, 2.24) is 9.55 Å². The summed E-state index contributed by atoms with van der Waals surface area (Å²) in [5, 5.41) is 10.6. The van der Waals surface area contributed by atoms with Gasteiger partial charge in [0.1, 0.15) is 6.54 Å². The summed E-state index contributed by atoms with van der Waals surface area (Å²) in [7, 11) is 0. The van der Waals surface area contributed by atoms with Crippen LogP contribution in [-0.4, -0.2) is 33.0 Å². The summed E-state index contributed by atoms with van der Waals surface area (Å²) < 4.78 is 8.58. The molecule has 0 spiro atoms. The zero-order valence-electron chi connectivity index (χ0n) is 14.3. The van der Waals surface area contributed by atoms with Crippen molar-refractivity contribution in [3.05, 3.63) is 45.6 Å². The van der Waals surface area contributed by atoms with Gasteiger partial charge in [0.05, 0.1) is 17.7 Å². The normalized spacial score (nSPS) is 14.3. The smallest absolute Gasteiger partial charge is 0.383 e. The van der Waals surface area contributed by atoms with Gasteiger partial charge < -0.3 is 9.84 Å². The number of ketones is 1. The molecule has 9 heteroatoms. The molecule has 1 N–H and O–H groups in total. The second-order valence-electron chi connectivity index (χ2n) is 6.49. The molecule has 7 nitrogen and oxygen atoms in total. The van der Waals surface area contributed by atoms with E-state index >= 15 is 0 Å². The third kappa shape index (κ3) is 3.42. The van der Waals surface area contributed by atoms with Crippen LogP contribution in [-0.2, 0) is 16.1 Å². The molecule has 0 unspecified atom stereocenters. The van der Waals surface area contributed by atoms with E-state index in [4.69, 9.17) is 16.3 Å². The molecule has 0 bridgehead atoms. The van der Waals surface area contributed by atoms with Gasteiger partial charge in [-0.1, -0.05) is 24.1 Å². The first kappa shape index (κ1) is 17.9. The van der Waals surface area contributed by atoms with E-state index in [0.29, 0.717) is 16.0 Å². The van der Waals surface area contributed by atoms with E-state index in [2.05, 4.69) is 4.98 Å². The lowest BCUT2D eigenvalue weighted by atomic mass is 9.86. The summed E-state index contributed by atoms with van der Waals surface area (Å²) in [6.07, 6.45) is 6.37. The van der Waals surface area contributed by atoms with Gasteiger partial charge in [-0.25, -0.2) is 14.3 Å². The fourth-order valence-electron chi connectivity index (χ4n) is 3.09. The molecule has 0 aromatic carbocycles. The Labute approximate surface area is 163 Å². The molecule has 3 aromatic heterocycles. The average Bonchev–Trinajstić information content (AvgIpc) is 3.15. The minimum absolute atomic E-state index is 0.107. The standard InChI is InChI=1S/C18H16ClN3O4S/c19-18-20-8-12(27-18)9-22-13-6-1-2-7-21(13)16(24)14(22)15(23)17(25)26-10-11-4-3-5-11/h1-2,6-8,11H,3-5,9-10H2/p+1. The number of carbonyl (C=O) groups excluding carboxylic acids is 2.